The molecular weight excluding hydrogens is 322 g/mol. The molecule has 0 amide bonds. The number of carboxylic acid groups (broad SMARTS) is 1. The molecule has 1 saturated carbocycles. The fourth-order valence-electron chi connectivity index (χ4n) is 2.47. The van der Waals surface area contributed by atoms with Crippen LogP contribution < -0.4 is 5.32 Å². The fourth-order valence-corrected chi connectivity index (χ4v) is 2.96. The monoisotopic (exact) mass is 341 g/mol. The van der Waals surface area contributed by atoms with E-state index in [1.165, 1.54) is 32.1 Å². The van der Waals surface area contributed by atoms with Gasteiger partial charge in [0.1, 0.15) is 0 Å². The normalized spacial score (nSPS) is 16.1. The van der Waals surface area contributed by atoms with Crippen molar-refractivity contribution in [2.45, 2.75) is 38.2 Å². The zero-order valence-electron chi connectivity index (χ0n) is 11.4. The molecule has 0 aromatic heterocycles. The molecule has 5 heteroatoms. The molecule has 1 aliphatic carbocycles. The van der Waals surface area contributed by atoms with Crippen molar-refractivity contribution in [2.24, 2.45) is 0 Å². The molecule has 0 atom stereocenters. The Labute approximate surface area is 127 Å². The molecule has 0 saturated heterocycles. The van der Waals surface area contributed by atoms with Crippen molar-refractivity contribution in [1.29, 1.82) is 0 Å². The van der Waals surface area contributed by atoms with Gasteiger partial charge in [-0.05, 0) is 31.0 Å². The maximum Gasteiger partial charge on any atom is 0.335 e. The molecule has 0 radical (unpaired) electrons. The van der Waals surface area contributed by atoms with Crippen LogP contribution in [0.2, 0.25) is 0 Å². The summed E-state index contributed by atoms with van der Waals surface area (Å²) in [5.74, 6) is -0.923. The second-order valence-electron chi connectivity index (χ2n) is 5.09. The van der Waals surface area contributed by atoms with Gasteiger partial charge in [0.15, 0.2) is 0 Å². The number of aromatic carboxylic acids is 1. The second kappa shape index (κ2) is 7.64. The molecule has 1 aromatic rings. The summed E-state index contributed by atoms with van der Waals surface area (Å²) >= 11 is 3.32. The van der Waals surface area contributed by atoms with Gasteiger partial charge in [0, 0.05) is 16.7 Å². The minimum Gasteiger partial charge on any atom is -0.478 e. The quantitative estimate of drug-likeness (QED) is 0.770. The average molecular weight is 342 g/mol. The molecule has 0 unspecified atom stereocenters. The van der Waals surface area contributed by atoms with Crippen LogP contribution in [-0.4, -0.2) is 30.3 Å². The SMILES string of the molecule is O=C(O)c1cc(Br)cc(NCCOC2CCCCC2)c1. The maximum absolute atomic E-state index is 11.0. The van der Waals surface area contributed by atoms with Gasteiger partial charge in [0.05, 0.1) is 18.3 Å². The summed E-state index contributed by atoms with van der Waals surface area (Å²) in [6, 6.07) is 5.09. The van der Waals surface area contributed by atoms with Gasteiger partial charge < -0.3 is 15.2 Å². The number of hydrogen-bond donors (Lipinski definition) is 2. The minimum atomic E-state index is -0.923. The zero-order valence-corrected chi connectivity index (χ0v) is 13.0. The van der Waals surface area contributed by atoms with Gasteiger partial charge in [-0.15, -0.1) is 0 Å². The van der Waals surface area contributed by atoms with E-state index in [0.29, 0.717) is 19.3 Å². The Hall–Kier alpha value is -1.07. The van der Waals surface area contributed by atoms with E-state index in [1.54, 1.807) is 12.1 Å². The van der Waals surface area contributed by atoms with Crippen LogP contribution in [0.25, 0.3) is 0 Å². The molecule has 4 nitrogen and oxygen atoms in total. The van der Waals surface area contributed by atoms with E-state index in [2.05, 4.69) is 21.2 Å². The third-order valence-corrected chi connectivity index (χ3v) is 3.94. The summed E-state index contributed by atoms with van der Waals surface area (Å²) in [5.41, 5.74) is 1.07. The summed E-state index contributed by atoms with van der Waals surface area (Å²) in [6.45, 7) is 1.34. The van der Waals surface area contributed by atoms with E-state index in [-0.39, 0.29) is 5.56 Å². The lowest BCUT2D eigenvalue weighted by Crippen LogP contribution is -2.20. The summed E-state index contributed by atoms with van der Waals surface area (Å²) < 4.78 is 6.58. The first-order valence-electron chi connectivity index (χ1n) is 7.04. The third kappa shape index (κ3) is 4.80. The zero-order chi connectivity index (χ0) is 14.4. The van der Waals surface area contributed by atoms with Crippen molar-refractivity contribution < 1.29 is 14.6 Å². The molecular formula is C15H20BrNO3. The van der Waals surface area contributed by atoms with E-state index in [0.717, 1.165) is 10.2 Å². The smallest absolute Gasteiger partial charge is 0.335 e. The van der Waals surface area contributed by atoms with Crippen LogP contribution in [-0.2, 0) is 4.74 Å². The topological polar surface area (TPSA) is 58.6 Å². The Morgan fingerprint density at radius 3 is 2.75 bits per heavy atom. The van der Waals surface area contributed by atoms with Crippen molar-refractivity contribution in [3.05, 3.63) is 28.2 Å². The number of benzene rings is 1. The highest BCUT2D eigenvalue weighted by Crippen LogP contribution is 2.21. The summed E-state index contributed by atoms with van der Waals surface area (Å²) in [4.78, 5) is 11.0. The first-order valence-corrected chi connectivity index (χ1v) is 7.84. The lowest BCUT2D eigenvalue weighted by Gasteiger charge is -2.22. The number of carbonyl (C=O) groups is 1. The molecule has 0 aliphatic heterocycles. The van der Waals surface area contributed by atoms with E-state index in [9.17, 15) is 4.79 Å². The van der Waals surface area contributed by atoms with E-state index in [4.69, 9.17) is 9.84 Å². The number of ether oxygens (including phenoxy) is 1. The summed E-state index contributed by atoms with van der Waals surface area (Å²) in [5, 5.41) is 12.2. The molecule has 2 rings (SSSR count). The van der Waals surface area contributed by atoms with Crippen molar-refractivity contribution in [2.75, 3.05) is 18.5 Å². The number of anilines is 1. The van der Waals surface area contributed by atoms with Crippen molar-refractivity contribution in [3.8, 4) is 0 Å². The van der Waals surface area contributed by atoms with Crippen LogP contribution in [0.15, 0.2) is 22.7 Å². The fraction of sp³-hybridized carbons (Fsp3) is 0.533. The van der Waals surface area contributed by atoms with Gasteiger partial charge in [-0.1, -0.05) is 35.2 Å². The lowest BCUT2D eigenvalue weighted by molar-refractivity contribution is 0.0347. The molecule has 20 heavy (non-hydrogen) atoms. The number of carboxylic acids is 1. The van der Waals surface area contributed by atoms with Gasteiger partial charge in [0.25, 0.3) is 0 Å². The van der Waals surface area contributed by atoms with Gasteiger partial charge in [0.2, 0.25) is 0 Å². The van der Waals surface area contributed by atoms with E-state index < -0.39 is 5.97 Å². The lowest BCUT2D eigenvalue weighted by atomic mass is 9.98. The Morgan fingerprint density at radius 2 is 2.05 bits per heavy atom. The van der Waals surface area contributed by atoms with Gasteiger partial charge in [-0.25, -0.2) is 4.79 Å². The van der Waals surface area contributed by atoms with E-state index >= 15 is 0 Å². The Bertz CT molecular complexity index is 458. The maximum atomic E-state index is 11.0. The average Bonchev–Trinajstić information content (AvgIpc) is 2.44. The molecule has 2 N–H and O–H groups in total. The minimum absolute atomic E-state index is 0.273. The number of hydrogen-bond acceptors (Lipinski definition) is 3. The second-order valence-corrected chi connectivity index (χ2v) is 6.01. The van der Waals surface area contributed by atoms with Crippen molar-refractivity contribution in [3.63, 3.8) is 0 Å². The number of nitrogens with one attached hydrogen (secondary N) is 1. The first kappa shape index (κ1) is 15.3. The predicted octanol–water partition coefficient (Wildman–Crippen LogP) is 3.91. The highest BCUT2D eigenvalue weighted by Gasteiger charge is 2.13. The molecule has 1 aromatic carbocycles. The predicted molar refractivity (Wildman–Crippen MR) is 82.4 cm³/mol. The largest absolute Gasteiger partial charge is 0.478 e. The standard InChI is InChI=1S/C15H20BrNO3/c16-12-8-11(15(18)19)9-13(10-12)17-6-7-20-14-4-2-1-3-5-14/h8-10,14,17H,1-7H2,(H,18,19). The Morgan fingerprint density at radius 1 is 1.30 bits per heavy atom. The molecule has 0 heterocycles. The summed E-state index contributed by atoms with van der Waals surface area (Å²) in [6.07, 6.45) is 6.61. The van der Waals surface area contributed by atoms with Gasteiger partial charge in [-0.2, -0.15) is 0 Å². The molecule has 110 valence electrons. The van der Waals surface area contributed by atoms with Gasteiger partial charge >= 0.3 is 5.97 Å². The van der Waals surface area contributed by atoms with Crippen LogP contribution >= 0.6 is 15.9 Å². The van der Waals surface area contributed by atoms with Crippen LogP contribution in [0.3, 0.4) is 0 Å². The Balaban J connectivity index is 1.77. The highest BCUT2D eigenvalue weighted by molar-refractivity contribution is 9.10. The molecule has 0 bridgehead atoms. The number of halogens is 1. The molecule has 1 fully saturated rings. The summed E-state index contributed by atoms with van der Waals surface area (Å²) in [7, 11) is 0. The van der Waals surface area contributed by atoms with Gasteiger partial charge in [-0.3, -0.25) is 0 Å². The molecule has 1 aliphatic rings. The van der Waals surface area contributed by atoms with Crippen LogP contribution in [0.1, 0.15) is 42.5 Å². The van der Waals surface area contributed by atoms with Crippen molar-refractivity contribution >= 4 is 27.6 Å². The van der Waals surface area contributed by atoms with Crippen LogP contribution in [0.5, 0.6) is 0 Å². The third-order valence-electron chi connectivity index (χ3n) is 3.48. The van der Waals surface area contributed by atoms with Crippen LogP contribution in [0, 0.1) is 0 Å². The Kier molecular flexibility index (Phi) is 5.86. The first-order chi connectivity index (χ1) is 9.65. The van der Waals surface area contributed by atoms with Crippen molar-refractivity contribution in [1.82, 2.24) is 0 Å². The number of rotatable bonds is 6. The molecule has 0 spiro atoms. The highest BCUT2D eigenvalue weighted by atomic mass is 79.9. The van der Waals surface area contributed by atoms with E-state index in [1.807, 2.05) is 6.07 Å². The van der Waals surface area contributed by atoms with Crippen LogP contribution in [0.4, 0.5) is 5.69 Å².